The summed E-state index contributed by atoms with van der Waals surface area (Å²) in [6.07, 6.45) is 3.07. The SMILES string of the molecule is CN1Cc2nc(C(=O)NC3CC(N/C(=C\c4ccc(Cl)cc4N)C(N)=O)C[C@H](C(=O)N(C)C)C3)sc2C1. The van der Waals surface area contributed by atoms with E-state index in [9.17, 15) is 14.4 Å². The van der Waals surface area contributed by atoms with E-state index in [0.29, 0.717) is 40.5 Å². The van der Waals surface area contributed by atoms with Crippen LogP contribution in [0.5, 0.6) is 0 Å². The highest BCUT2D eigenvalue weighted by Crippen LogP contribution is 2.30. The maximum Gasteiger partial charge on any atom is 0.280 e. The Kier molecular flexibility index (Phi) is 8.05. The summed E-state index contributed by atoms with van der Waals surface area (Å²) in [5.74, 6) is -1.27. The zero-order chi connectivity index (χ0) is 26.9. The van der Waals surface area contributed by atoms with Crippen LogP contribution in [-0.4, -0.2) is 65.7 Å². The number of nitrogens with zero attached hydrogens (tertiary/aromatic N) is 3. The van der Waals surface area contributed by atoms with Gasteiger partial charge in [0.05, 0.1) is 5.69 Å². The van der Waals surface area contributed by atoms with Gasteiger partial charge in [-0.3, -0.25) is 19.3 Å². The maximum atomic E-state index is 13.1. The number of halogens is 1. The molecule has 2 unspecified atom stereocenters. The third-order valence-corrected chi connectivity index (χ3v) is 7.93. The molecule has 0 radical (unpaired) electrons. The fourth-order valence-corrected chi connectivity index (χ4v) is 6.12. The minimum atomic E-state index is -0.654. The van der Waals surface area contributed by atoms with Gasteiger partial charge in [-0.15, -0.1) is 11.3 Å². The Labute approximate surface area is 225 Å². The molecule has 0 saturated heterocycles. The molecule has 198 valence electrons. The lowest BCUT2D eigenvalue weighted by Gasteiger charge is -2.36. The molecule has 1 aromatic carbocycles. The van der Waals surface area contributed by atoms with Crippen LogP contribution in [0.15, 0.2) is 23.9 Å². The van der Waals surface area contributed by atoms with Gasteiger partial charge in [-0.2, -0.15) is 0 Å². The fourth-order valence-electron chi connectivity index (χ4n) is 4.89. The van der Waals surface area contributed by atoms with E-state index in [1.165, 1.54) is 11.3 Å². The Morgan fingerprint density at radius 3 is 2.49 bits per heavy atom. The molecule has 3 atom stereocenters. The van der Waals surface area contributed by atoms with Crippen LogP contribution in [0, 0.1) is 5.92 Å². The minimum Gasteiger partial charge on any atom is -0.398 e. The predicted molar refractivity (Wildman–Crippen MR) is 145 cm³/mol. The van der Waals surface area contributed by atoms with E-state index < -0.39 is 5.91 Å². The Hall–Kier alpha value is -3.15. The van der Waals surface area contributed by atoms with E-state index in [0.717, 1.165) is 23.7 Å². The number of hydrogen-bond donors (Lipinski definition) is 4. The van der Waals surface area contributed by atoms with Crippen LogP contribution in [-0.2, 0) is 22.7 Å². The molecule has 10 nitrogen and oxygen atoms in total. The van der Waals surface area contributed by atoms with Crippen molar-refractivity contribution in [1.82, 2.24) is 25.4 Å². The number of benzene rings is 1. The van der Waals surface area contributed by atoms with Gasteiger partial charge in [0, 0.05) is 60.8 Å². The Bertz CT molecular complexity index is 1220. The van der Waals surface area contributed by atoms with Gasteiger partial charge >= 0.3 is 0 Å². The predicted octanol–water partition coefficient (Wildman–Crippen LogP) is 1.80. The minimum absolute atomic E-state index is 0.0337. The van der Waals surface area contributed by atoms with E-state index in [2.05, 4.69) is 20.5 Å². The molecule has 2 heterocycles. The number of fused-ring (bicyclic) bond motifs is 1. The van der Waals surface area contributed by atoms with Gasteiger partial charge in [0.2, 0.25) is 5.91 Å². The van der Waals surface area contributed by atoms with E-state index in [1.807, 2.05) is 7.05 Å². The lowest BCUT2D eigenvalue weighted by molar-refractivity contribution is -0.134. The van der Waals surface area contributed by atoms with Crippen LogP contribution in [0.4, 0.5) is 5.69 Å². The lowest BCUT2D eigenvalue weighted by Crippen LogP contribution is -2.50. The first-order chi connectivity index (χ1) is 17.5. The number of carbonyl (C=O) groups is 3. The highest BCUT2D eigenvalue weighted by molar-refractivity contribution is 7.13. The van der Waals surface area contributed by atoms with Gasteiger partial charge in [0.15, 0.2) is 5.01 Å². The molecular weight excluding hydrogens is 514 g/mol. The summed E-state index contributed by atoms with van der Waals surface area (Å²) in [5.41, 5.74) is 13.8. The second-order valence-corrected chi connectivity index (χ2v) is 11.4. The molecule has 12 heteroatoms. The smallest absolute Gasteiger partial charge is 0.280 e. The molecule has 0 spiro atoms. The quantitative estimate of drug-likeness (QED) is 0.306. The van der Waals surface area contributed by atoms with Gasteiger partial charge in [-0.1, -0.05) is 17.7 Å². The summed E-state index contributed by atoms with van der Waals surface area (Å²) >= 11 is 7.39. The van der Waals surface area contributed by atoms with Crippen molar-refractivity contribution in [2.24, 2.45) is 11.7 Å². The number of nitrogen functional groups attached to an aromatic ring is 1. The largest absolute Gasteiger partial charge is 0.398 e. The first-order valence-corrected chi connectivity index (χ1v) is 13.2. The van der Waals surface area contributed by atoms with Crippen LogP contribution in [0.1, 0.15) is 45.2 Å². The summed E-state index contributed by atoms with van der Waals surface area (Å²) in [6, 6.07) is 4.40. The van der Waals surface area contributed by atoms with Gasteiger partial charge in [-0.25, -0.2) is 4.98 Å². The number of nitrogens with one attached hydrogen (secondary N) is 2. The molecule has 6 N–H and O–H groups in total. The second-order valence-electron chi connectivity index (χ2n) is 9.91. The molecule has 3 amide bonds. The van der Waals surface area contributed by atoms with E-state index in [-0.39, 0.29) is 35.5 Å². The molecule has 2 aliphatic rings. The number of primary amides is 1. The average molecular weight is 546 g/mol. The average Bonchev–Trinajstić information content (AvgIpc) is 3.37. The normalized spacial score (nSPS) is 21.8. The summed E-state index contributed by atoms with van der Waals surface area (Å²) in [5, 5.41) is 7.19. The van der Waals surface area contributed by atoms with Crippen molar-refractivity contribution in [2.75, 3.05) is 26.9 Å². The first-order valence-electron chi connectivity index (χ1n) is 12.0. The lowest BCUT2D eigenvalue weighted by atomic mass is 9.81. The van der Waals surface area contributed by atoms with E-state index >= 15 is 0 Å². The van der Waals surface area contributed by atoms with Crippen LogP contribution < -0.4 is 22.1 Å². The highest BCUT2D eigenvalue weighted by atomic mass is 35.5. The molecule has 1 fully saturated rings. The third-order valence-electron chi connectivity index (χ3n) is 6.61. The number of carbonyl (C=O) groups excluding carboxylic acids is 3. The molecule has 2 aromatic rings. The summed E-state index contributed by atoms with van der Waals surface area (Å²) in [7, 11) is 5.43. The van der Waals surface area contributed by atoms with E-state index in [1.54, 1.807) is 43.3 Å². The maximum absolute atomic E-state index is 13.1. The number of nitrogens with two attached hydrogens (primary N) is 2. The summed E-state index contributed by atoms with van der Waals surface area (Å²) in [4.78, 5) is 47.6. The fraction of sp³-hybridized carbons (Fsp3) is 0.440. The van der Waals surface area contributed by atoms with Crippen molar-refractivity contribution >= 4 is 52.4 Å². The number of rotatable bonds is 7. The standard InChI is InChI=1S/C25H32ClN7O3S/c1-32(2)25(36)14-6-16(29-19(22(28)34)8-13-4-5-15(26)9-18(13)27)10-17(7-14)30-23(35)24-31-20-11-33(3)12-21(20)37-24/h4-5,8-9,14,16-17,29H,6-7,10-12,27H2,1-3H3,(H2,28,34)(H,30,35)/b19-8-/t14-,16?,17?/m0/s1. The Balaban J connectivity index is 1.52. The Morgan fingerprint density at radius 2 is 1.86 bits per heavy atom. The van der Waals surface area contributed by atoms with Crippen molar-refractivity contribution in [1.29, 1.82) is 0 Å². The van der Waals surface area contributed by atoms with Crippen molar-refractivity contribution in [3.8, 4) is 0 Å². The van der Waals surface area contributed by atoms with Gasteiger partial charge < -0.3 is 27.0 Å². The first kappa shape index (κ1) is 26.9. The highest BCUT2D eigenvalue weighted by Gasteiger charge is 2.36. The number of anilines is 1. The van der Waals surface area contributed by atoms with E-state index in [4.69, 9.17) is 23.1 Å². The summed E-state index contributed by atoms with van der Waals surface area (Å²) < 4.78 is 0. The van der Waals surface area contributed by atoms with Crippen molar-refractivity contribution < 1.29 is 14.4 Å². The zero-order valence-electron chi connectivity index (χ0n) is 21.1. The van der Waals surface area contributed by atoms with Gasteiger partial charge in [0.1, 0.15) is 5.70 Å². The van der Waals surface area contributed by atoms with Crippen LogP contribution >= 0.6 is 22.9 Å². The second kappa shape index (κ2) is 11.1. The zero-order valence-corrected chi connectivity index (χ0v) is 22.7. The number of aromatic nitrogens is 1. The third kappa shape index (κ3) is 6.41. The molecule has 4 rings (SSSR count). The number of thiazole rings is 1. The monoisotopic (exact) mass is 545 g/mol. The number of amides is 3. The van der Waals surface area contributed by atoms with Crippen molar-refractivity contribution in [3.05, 3.63) is 50.1 Å². The van der Waals surface area contributed by atoms with Crippen LogP contribution in [0.25, 0.3) is 6.08 Å². The topological polar surface area (TPSA) is 147 Å². The molecule has 1 aromatic heterocycles. The van der Waals surface area contributed by atoms with Crippen molar-refractivity contribution in [2.45, 2.75) is 44.4 Å². The van der Waals surface area contributed by atoms with Crippen LogP contribution in [0.2, 0.25) is 5.02 Å². The summed E-state index contributed by atoms with van der Waals surface area (Å²) in [6.45, 7) is 1.52. The molecular formula is C25H32ClN7O3S. The molecule has 1 aliphatic carbocycles. The molecule has 37 heavy (non-hydrogen) atoms. The van der Waals surface area contributed by atoms with Crippen LogP contribution in [0.3, 0.4) is 0 Å². The van der Waals surface area contributed by atoms with Crippen molar-refractivity contribution in [3.63, 3.8) is 0 Å². The molecule has 1 saturated carbocycles. The molecule has 0 bridgehead atoms. The van der Waals surface area contributed by atoms with Gasteiger partial charge in [0.25, 0.3) is 11.8 Å². The number of hydrogen-bond acceptors (Lipinski definition) is 8. The van der Waals surface area contributed by atoms with Gasteiger partial charge in [-0.05, 0) is 50.1 Å². The Morgan fingerprint density at radius 1 is 1.16 bits per heavy atom. The molecule has 1 aliphatic heterocycles.